The van der Waals surface area contributed by atoms with E-state index in [9.17, 15) is 4.79 Å². The lowest BCUT2D eigenvalue weighted by molar-refractivity contribution is -0.150. The summed E-state index contributed by atoms with van der Waals surface area (Å²) in [4.78, 5) is 25.6. The minimum atomic E-state index is -0.327. The molecule has 5 rings (SSSR count). The second-order valence-electron chi connectivity index (χ2n) is 11.0. The average molecular weight is 601 g/mol. The molecule has 0 bridgehead atoms. The summed E-state index contributed by atoms with van der Waals surface area (Å²) in [6.45, 7) is 6.92. The Morgan fingerprint density at radius 1 is 1.19 bits per heavy atom. The van der Waals surface area contributed by atoms with Gasteiger partial charge in [0.25, 0.3) is 0 Å². The molecule has 0 unspecified atom stereocenters. The van der Waals surface area contributed by atoms with Crippen molar-refractivity contribution in [1.82, 2.24) is 24.8 Å². The fourth-order valence-electron chi connectivity index (χ4n) is 5.45. The Bertz CT molecular complexity index is 1680. The van der Waals surface area contributed by atoms with Crippen LogP contribution in [0.15, 0.2) is 36.7 Å². The number of nitrogens with one attached hydrogen (secondary N) is 1. The van der Waals surface area contributed by atoms with E-state index in [1.807, 2.05) is 55.8 Å². The Morgan fingerprint density at radius 2 is 1.93 bits per heavy atom. The van der Waals surface area contributed by atoms with Crippen LogP contribution in [0.5, 0.6) is 5.75 Å². The first-order valence-electron chi connectivity index (χ1n) is 14.6. The number of hydrogen-bond acceptors (Lipinski definition) is 8. The average Bonchev–Trinajstić information content (AvgIpc) is 3.62. The van der Waals surface area contributed by atoms with E-state index < -0.39 is 0 Å². The molecule has 1 saturated carbocycles. The molecule has 0 radical (unpaired) electrons. The van der Waals surface area contributed by atoms with E-state index in [1.54, 1.807) is 13.3 Å². The highest BCUT2D eigenvalue weighted by Crippen LogP contribution is 2.29. The SMILES string of the molecule is COc1c(C)cnc(Cn2cc(C#Cc3ccc(CCN[C@@H](C)C(=O)OC4CCCC4)cc3)c3c(Cl)nc(N)nc32)c1C. The summed E-state index contributed by atoms with van der Waals surface area (Å²) in [5, 5.41) is 4.17. The number of aryl methyl sites for hydroxylation is 1. The molecule has 9 nitrogen and oxygen atoms in total. The van der Waals surface area contributed by atoms with Gasteiger partial charge in [0.05, 0.1) is 30.3 Å². The van der Waals surface area contributed by atoms with Gasteiger partial charge in [-0.05, 0) is 77.1 Å². The number of aromatic nitrogens is 4. The number of nitrogens with zero attached hydrogens (tertiary/aromatic N) is 4. The summed E-state index contributed by atoms with van der Waals surface area (Å²) < 4.78 is 13.1. The van der Waals surface area contributed by atoms with Gasteiger partial charge in [0, 0.05) is 29.1 Å². The van der Waals surface area contributed by atoms with Gasteiger partial charge < -0.3 is 25.1 Å². The largest absolute Gasteiger partial charge is 0.496 e. The van der Waals surface area contributed by atoms with Crippen LogP contribution in [0.2, 0.25) is 5.15 Å². The van der Waals surface area contributed by atoms with Crippen molar-refractivity contribution in [2.24, 2.45) is 0 Å². The number of fused-ring (bicyclic) bond motifs is 1. The van der Waals surface area contributed by atoms with Gasteiger partial charge >= 0.3 is 5.97 Å². The van der Waals surface area contributed by atoms with Gasteiger partial charge in [0.15, 0.2) is 0 Å². The highest BCUT2D eigenvalue weighted by atomic mass is 35.5. The van der Waals surface area contributed by atoms with Crippen LogP contribution in [0.25, 0.3) is 11.0 Å². The molecule has 1 fully saturated rings. The van der Waals surface area contributed by atoms with E-state index in [2.05, 4.69) is 32.1 Å². The zero-order valence-corrected chi connectivity index (χ0v) is 25.8. The Morgan fingerprint density at radius 3 is 2.65 bits per heavy atom. The quantitative estimate of drug-likeness (QED) is 0.154. The van der Waals surface area contributed by atoms with Gasteiger partial charge in [-0.15, -0.1) is 0 Å². The number of nitrogen functional groups attached to an aromatic ring is 1. The number of carbonyl (C=O) groups is 1. The number of ether oxygens (including phenoxy) is 2. The summed E-state index contributed by atoms with van der Waals surface area (Å²) in [5.41, 5.74) is 12.0. The Hall–Kier alpha value is -4.13. The summed E-state index contributed by atoms with van der Waals surface area (Å²) >= 11 is 6.54. The number of anilines is 1. The van der Waals surface area contributed by atoms with Crippen molar-refractivity contribution in [3.63, 3.8) is 0 Å². The molecule has 3 aromatic heterocycles. The third kappa shape index (κ3) is 7.10. The van der Waals surface area contributed by atoms with Crippen molar-refractivity contribution in [2.75, 3.05) is 19.4 Å². The van der Waals surface area contributed by atoms with Crippen LogP contribution in [-0.2, 0) is 22.5 Å². The number of hydrogen-bond donors (Lipinski definition) is 2. The smallest absolute Gasteiger partial charge is 0.323 e. The fraction of sp³-hybridized carbons (Fsp3) is 0.394. The number of esters is 1. The number of nitrogens with two attached hydrogens (primary N) is 1. The lowest BCUT2D eigenvalue weighted by Gasteiger charge is -2.17. The second-order valence-corrected chi connectivity index (χ2v) is 11.4. The zero-order chi connectivity index (χ0) is 30.5. The van der Waals surface area contributed by atoms with Gasteiger partial charge in [-0.25, -0.2) is 4.98 Å². The van der Waals surface area contributed by atoms with Crippen LogP contribution in [0.1, 0.15) is 66.1 Å². The first kappa shape index (κ1) is 30.3. The maximum atomic E-state index is 12.3. The number of benzene rings is 1. The van der Waals surface area contributed by atoms with Gasteiger partial charge in [0.2, 0.25) is 5.95 Å². The Kier molecular flexibility index (Phi) is 9.49. The highest BCUT2D eigenvalue weighted by molar-refractivity contribution is 6.34. The molecule has 224 valence electrons. The molecule has 43 heavy (non-hydrogen) atoms. The van der Waals surface area contributed by atoms with E-state index in [0.29, 0.717) is 29.7 Å². The monoisotopic (exact) mass is 600 g/mol. The molecule has 0 amide bonds. The lowest BCUT2D eigenvalue weighted by atomic mass is 10.1. The second kappa shape index (κ2) is 13.4. The third-order valence-electron chi connectivity index (χ3n) is 7.86. The predicted octanol–water partition coefficient (Wildman–Crippen LogP) is 5.14. The van der Waals surface area contributed by atoms with Crippen LogP contribution in [0.4, 0.5) is 5.95 Å². The minimum Gasteiger partial charge on any atom is -0.496 e. The molecule has 1 aliphatic rings. The van der Waals surface area contributed by atoms with Gasteiger partial charge in [-0.1, -0.05) is 35.6 Å². The molecule has 3 heterocycles. The topological polar surface area (TPSA) is 117 Å². The maximum Gasteiger partial charge on any atom is 0.323 e. The molecular weight excluding hydrogens is 564 g/mol. The van der Waals surface area contributed by atoms with E-state index in [0.717, 1.165) is 65.8 Å². The van der Waals surface area contributed by atoms with Crippen LogP contribution >= 0.6 is 11.6 Å². The summed E-state index contributed by atoms with van der Waals surface area (Å²) in [6, 6.07) is 7.74. The molecule has 3 N–H and O–H groups in total. The molecule has 0 saturated heterocycles. The number of pyridine rings is 1. The predicted molar refractivity (Wildman–Crippen MR) is 168 cm³/mol. The summed E-state index contributed by atoms with van der Waals surface area (Å²) in [5.74, 6) is 7.22. The molecule has 0 spiro atoms. The van der Waals surface area contributed by atoms with Crippen LogP contribution in [-0.4, -0.2) is 51.3 Å². The molecule has 0 aliphatic heterocycles. The van der Waals surface area contributed by atoms with Crippen LogP contribution in [0, 0.1) is 25.7 Å². The molecule has 1 aliphatic carbocycles. The van der Waals surface area contributed by atoms with Crippen LogP contribution in [0.3, 0.4) is 0 Å². The number of halogens is 1. The first-order chi connectivity index (χ1) is 20.7. The van der Waals surface area contributed by atoms with Crippen molar-refractivity contribution in [1.29, 1.82) is 0 Å². The van der Waals surface area contributed by atoms with Crippen LogP contribution < -0.4 is 15.8 Å². The van der Waals surface area contributed by atoms with Crippen molar-refractivity contribution < 1.29 is 14.3 Å². The maximum absolute atomic E-state index is 12.3. The van der Waals surface area contributed by atoms with Gasteiger partial charge in [-0.3, -0.25) is 9.78 Å². The van der Waals surface area contributed by atoms with Gasteiger partial charge in [-0.2, -0.15) is 4.98 Å². The van der Waals surface area contributed by atoms with Gasteiger partial charge in [0.1, 0.15) is 28.7 Å². The summed E-state index contributed by atoms with van der Waals surface area (Å²) in [6.07, 6.45) is 8.82. The third-order valence-corrected chi connectivity index (χ3v) is 8.13. The Labute approximate surface area is 257 Å². The van der Waals surface area contributed by atoms with E-state index >= 15 is 0 Å². The standard InChI is InChI=1S/C33H37ClN6O3/c1-20-17-37-27(21(2)29(20)42-4)19-40-18-25(28-30(34)38-33(35)39-31(28)40)14-13-23-9-11-24(12-10-23)15-16-36-22(3)32(41)43-26-7-5-6-8-26/h9-12,17-18,22,26,36H,5-8,15-16,19H2,1-4H3,(H2,35,38,39)/t22-/m0/s1. The fourth-order valence-corrected chi connectivity index (χ4v) is 5.72. The van der Waals surface area contributed by atoms with Crippen molar-refractivity contribution in [3.05, 3.63) is 75.3 Å². The molecular formula is C33H37ClN6O3. The van der Waals surface area contributed by atoms with E-state index in [1.165, 1.54) is 0 Å². The molecule has 1 atom stereocenters. The van der Waals surface area contributed by atoms with E-state index in [4.69, 9.17) is 26.8 Å². The number of methoxy groups -OCH3 is 1. The number of rotatable bonds is 9. The molecule has 1 aromatic carbocycles. The zero-order valence-electron chi connectivity index (χ0n) is 25.0. The Balaban J connectivity index is 1.28. The first-order valence-corrected chi connectivity index (χ1v) is 15.0. The van der Waals surface area contributed by atoms with Crippen molar-refractivity contribution >= 4 is 34.6 Å². The minimum absolute atomic E-state index is 0.0853. The normalized spacial score (nSPS) is 14.0. The summed E-state index contributed by atoms with van der Waals surface area (Å²) in [7, 11) is 1.66. The van der Waals surface area contributed by atoms with Crippen molar-refractivity contribution in [2.45, 2.75) is 71.6 Å². The molecule has 10 heteroatoms. The lowest BCUT2D eigenvalue weighted by Crippen LogP contribution is -2.38. The highest BCUT2D eigenvalue weighted by Gasteiger charge is 2.22. The van der Waals surface area contributed by atoms with Crippen molar-refractivity contribution in [3.8, 4) is 17.6 Å². The number of carbonyl (C=O) groups excluding carboxylic acids is 1. The molecule has 4 aromatic rings. The van der Waals surface area contributed by atoms with E-state index in [-0.39, 0.29) is 29.2 Å².